The highest BCUT2D eigenvalue weighted by Crippen LogP contribution is 2.28. The van der Waals surface area contributed by atoms with Crippen LogP contribution in [0.2, 0.25) is 0 Å². The van der Waals surface area contributed by atoms with Crippen molar-refractivity contribution in [2.75, 3.05) is 20.3 Å². The molecular formula is C16H24BrNO2. The monoisotopic (exact) mass is 341 g/mol. The molecule has 2 rings (SSSR count). The molecule has 1 saturated heterocycles. The zero-order chi connectivity index (χ0) is 14.5. The highest BCUT2D eigenvalue weighted by Gasteiger charge is 2.31. The van der Waals surface area contributed by atoms with Gasteiger partial charge in [0, 0.05) is 12.6 Å². The standard InChI is InChI=1S/C16H24BrNO2/c1-4-18-14(16-11(2)7-8-20-16)10-12-5-6-15(19-3)13(17)9-12/h5-6,9,11,14,16,18H,4,7-8,10H2,1-3H3. The molecule has 0 amide bonds. The Labute approximate surface area is 130 Å². The van der Waals surface area contributed by atoms with Crippen molar-refractivity contribution in [1.29, 1.82) is 0 Å². The lowest BCUT2D eigenvalue weighted by molar-refractivity contribution is 0.0615. The fraction of sp³-hybridized carbons (Fsp3) is 0.625. The molecular weight excluding hydrogens is 318 g/mol. The minimum atomic E-state index is 0.316. The second kappa shape index (κ2) is 7.43. The Kier molecular flexibility index (Phi) is 5.87. The summed E-state index contributed by atoms with van der Waals surface area (Å²) in [5.74, 6) is 1.50. The maximum Gasteiger partial charge on any atom is 0.133 e. The third kappa shape index (κ3) is 3.74. The van der Waals surface area contributed by atoms with E-state index < -0.39 is 0 Å². The van der Waals surface area contributed by atoms with Gasteiger partial charge in [-0.15, -0.1) is 0 Å². The van der Waals surface area contributed by atoms with Crippen LogP contribution in [0.1, 0.15) is 25.8 Å². The van der Waals surface area contributed by atoms with Crippen LogP contribution in [-0.2, 0) is 11.2 Å². The lowest BCUT2D eigenvalue weighted by Gasteiger charge is -2.27. The van der Waals surface area contributed by atoms with Crippen molar-refractivity contribution in [2.45, 2.75) is 38.8 Å². The smallest absolute Gasteiger partial charge is 0.133 e. The maximum atomic E-state index is 5.93. The molecule has 1 fully saturated rings. The fourth-order valence-electron chi connectivity index (χ4n) is 2.89. The summed E-state index contributed by atoms with van der Waals surface area (Å²) in [7, 11) is 1.69. The molecule has 3 unspecified atom stereocenters. The van der Waals surface area contributed by atoms with Crippen molar-refractivity contribution < 1.29 is 9.47 Å². The number of likely N-dealkylation sites (N-methyl/N-ethyl adjacent to an activating group) is 1. The van der Waals surface area contributed by atoms with Crippen LogP contribution in [0.4, 0.5) is 0 Å². The summed E-state index contributed by atoms with van der Waals surface area (Å²) in [5, 5.41) is 3.58. The van der Waals surface area contributed by atoms with Gasteiger partial charge in [-0.1, -0.05) is 19.9 Å². The van der Waals surface area contributed by atoms with Crippen LogP contribution in [0.5, 0.6) is 5.75 Å². The molecule has 1 aromatic carbocycles. The van der Waals surface area contributed by atoms with Crippen LogP contribution in [0.15, 0.2) is 22.7 Å². The number of hydrogen-bond donors (Lipinski definition) is 1. The molecule has 1 aromatic rings. The predicted octanol–water partition coefficient (Wildman–Crippen LogP) is 3.40. The average molecular weight is 342 g/mol. The fourth-order valence-corrected chi connectivity index (χ4v) is 3.48. The molecule has 1 aliphatic rings. The number of hydrogen-bond acceptors (Lipinski definition) is 3. The summed E-state index contributed by atoms with van der Waals surface area (Å²) in [6.45, 7) is 6.29. The Morgan fingerprint density at radius 2 is 2.30 bits per heavy atom. The topological polar surface area (TPSA) is 30.5 Å². The Morgan fingerprint density at radius 3 is 2.85 bits per heavy atom. The molecule has 3 atom stereocenters. The van der Waals surface area contributed by atoms with Gasteiger partial charge in [0.05, 0.1) is 17.7 Å². The zero-order valence-electron chi connectivity index (χ0n) is 12.5. The number of halogens is 1. The van der Waals surface area contributed by atoms with Gasteiger partial charge in [-0.05, 0) is 58.9 Å². The van der Waals surface area contributed by atoms with Crippen LogP contribution in [0.3, 0.4) is 0 Å². The van der Waals surface area contributed by atoms with E-state index >= 15 is 0 Å². The van der Waals surface area contributed by atoms with Gasteiger partial charge in [0.2, 0.25) is 0 Å². The number of nitrogens with one attached hydrogen (secondary N) is 1. The van der Waals surface area contributed by atoms with E-state index in [9.17, 15) is 0 Å². The van der Waals surface area contributed by atoms with Crippen LogP contribution in [-0.4, -0.2) is 32.4 Å². The Balaban J connectivity index is 2.09. The first-order chi connectivity index (χ1) is 9.65. The summed E-state index contributed by atoms with van der Waals surface area (Å²) in [6, 6.07) is 6.66. The summed E-state index contributed by atoms with van der Waals surface area (Å²) in [6.07, 6.45) is 2.46. The first kappa shape index (κ1) is 15.8. The third-order valence-corrected chi connectivity index (χ3v) is 4.60. The van der Waals surface area contributed by atoms with E-state index in [0.717, 1.165) is 29.8 Å². The molecule has 1 aliphatic heterocycles. The van der Waals surface area contributed by atoms with Gasteiger partial charge in [0.25, 0.3) is 0 Å². The van der Waals surface area contributed by atoms with Crippen molar-refractivity contribution in [2.24, 2.45) is 5.92 Å². The van der Waals surface area contributed by atoms with Gasteiger partial charge in [-0.2, -0.15) is 0 Å². The van der Waals surface area contributed by atoms with E-state index in [1.165, 1.54) is 12.0 Å². The van der Waals surface area contributed by atoms with Crippen LogP contribution in [0, 0.1) is 5.92 Å². The van der Waals surface area contributed by atoms with Crippen LogP contribution < -0.4 is 10.1 Å². The average Bonchev–Trinajstić information content (AvgIpc) is 2.85. The highest BCUT2D eigenvalue weighted by molar-refractivity contribution is 9.10. The van der Waals surface area contributed by atoms with Crippen molar-refractivity contribution in [1.82, 2.24) is 5.32 Å². The predicted molar refractivity (Wildman–Crippen MR) is 85.4 cm³/mol. The minimum absolute atomic E-state index is 0.316. The minimum Gasteiger partial charge on any atom is -0.496 e. The van der Waals surface area contributed by atoms with Gasteiger partial charge >= 0.3 is 0 Å². The summed E-state index contributed by atoms with van der Waals surface area (Å²) >= 11 is 3.55. The molecule has 0 radical (unpaired) electrons. The Hall–Kier alpha value is -0.580. The number of ether oxygens (including phenoxy) is 2. The van der Waals surface area contributed by atoms with E-state index in [4.69, 9.17) is 9.47 Å². The summed E-state index contributed by atoms with van der Waals surface area (Å²) in [5.41, 5.74) is 1.30. The van der Waals surface area contributed by atoms with E-state index in [0.29, 0.717) is 18.1 Å². The Morgan fingerprint density at radius 1 is 1.50 bits per heavy atom. The second-order valence-electron chi connectivity index (χ2n) is 5.44. The zero-order valence-corrected chi connectivity index (χ0v) is 14.1. The molecule has 4 heteroatoms. The first-order valence-electron chi connectivity index (χ1n) is 7.33. The van der Waals surface area contributed by atoms with E-state index in [1.807, 2.05) is 6.07 Å². The van der Waals surface area contributed by atoms with Gasteiger partial charge in [-0.25, -0.2) is 0 Å². The highest BCUT2D eigenvalue weighted by atomic mass is 79.9. The first-order valence-corrected chi connectivity index (χ1v) is 8.12. The maximum absolute atomic E-state index is 5.93. The third-order valence-electron chi connectivity index (χ3n) is 3.98. The summed E-state index contributed by atoms with van der Waals surface area (Å²) < 4.78 is 12.2. The number of rotatable bonds is 6. The second-order valence-corrected chi connectivity index (χ2v) is 6.29. The van der Waals surface area contributed by atoms with Crippen molar-refractivity contribution in [3.8, 4) is 5.75 Å². The molecule has 0 aromatic heterocycles. The van der Waals surface area contributed by atoms with Gasteiger partial charge in [0.15, 0.2) is 0 Å². The molecule has 0 aliphatic carbocycles. The van der Waals surface area contributed by atoms with E-state index in [2.05, 4.69) is 47.2 Å². The van der Waals surface area contributed by atoms with Crippen molar-refractivity contribution in [3.05, 3.63) is 28.2 Å². The molecule has 0 saturated carbocycles. The normalized spacial score (nSPS) is 23.8. The molecule has 112 valence electrons. The van der Waals surface area contributed by atoms with Crippen molar-refractivity contribution in [3.63, 3.8) is 0 Å². The number of benzene rings is 1. The van der Waals surface area contributed by atoms with E-state index in [1.54, 1.807) is 7.11 Å². The van der Waals surface area contributed by atoms with Crippen LogP contribution in [0.25, 0.3) is 0 Å². The van der Waals surface area contributed by atoms with Gasteiger partial charge < -0.3 is 14.8 Å². The molecule has 0 bridgehead atoms. The van der Waals surface area contributed by atoms with Crippen molar-refractivity contribution >= 4 is 15.9 Å². The lowest BCUT2D eigenvalue weighted by atomic mass is 9.93. The van der Waals surface area contributed by atoms with E-state index in [-0.39, 0.29) is 0 Å². The van der Waals surface area contributed by atoms with Crippen LogP contribution >= 0.6 is 15.9 Å². The Bertz CT molecular complexity index is 438. The SMILES string of the molecule is CCNC(Cc1ccc(OC)c(Br)c1)C1OCCC1C. The molecule has 1 heterocycles. The lowest BCUT2D eigenvalue weighted by Crippen LogP contribution is -2.43. The largest absolute Gasteiger partial charge is 0.496 e. The quantitative estimate of drug-likeness (QED) is 0.860. The molecule has 0 spiro atoms. The number of methoxy groups -OCH3 is 1. The van der Waals surface area contributed by atoms with Gasteiger partial charge in [0.1, 0.15) is 5.75 Å². The molecule has 1 N–H and O–H groups in total. The summed E-state index contributed by atoms with van der Waals surface area (Å²) in [4.78, 5) is 0. The van der Waals surface area contributed by atoms with Gasteiger partial charge in [-0.3, -0.25) is 0 Å². The molecule has 3 nitrogen and oxygen atoms in total. The molecule has 20 heavy (non-hydrogen) atoms.